The predicted octanol–water partition coefficient (Wildman–Crippen LogP) is 3.50. The molecule has 0 aliphatic carbocycles. The van der Waals surface area contributed by atoms with Crippen LogP contribution in [0.5, 0.6) is 0 Å². The van der Waals surface area contributed by atoms with Crippen LogP contribution in [0.1, 0.15) is 24.5 Å². The lowest BCUT2D eigenvalue weighted by atomic mass is 10.1. The molecule has 0 aromatic heterocycles. The Morgan fingerprint density at radius 1 is 1.04 bits per heavy atom. The van der Waals surface area contributed by atoms with Crippen molar-refractivity contribution in [2.75, 3.05) is 5.32 Å². The first-order valence-corrected chi connectivity index (χ1v) is 7.65. The normalized spacial score (nSPS) is 11.6. The van der Waals surface area contributed by atoms with Gasteiger partial charge in [0.1, 0.15) is 0 Å². The minimum Gasteiger partial charge on any atom is -0.453 e. The van der Waals surface area contributed by atoms with E-state index in [2.05, 4.69) is 5.32 Å². The first-order chi connectivity index (χ1) is 11.0. The van der Waals surface area contributed by atoms with Crippen molar-refractivity contribution >= 4 is 17.6 Å². The highest BCUT2D eigenvalue weighted by molar-refractivity contribution is 5.95. The SMILES string of the molecule is Cc1ccc(NC(=O)[C@H](C)OC(=O)CCc2ccccc2)cc1. The van der Waals surface area contributed by atoms with Crippen molar-refractivity contribution in [3.05, 3.63) is 65.7 Å². The number of benzene rings is 2. The fourth-order valence-electron chi connectivity index (χ4n) is 2.08. The third-order valence-corrected chi connectivity index (χ3v) is 3.46. The van der Waals surface area contributed by atoms with Crippen LogP contribution in [-0.4, -0.2) is 18.0 Å². The van der Waals surface area contributed by atoms with Crippen LogP contribution in [0.3, 0.4) is 0 Å². The highest BCUT2D eigenvalue weighted by Gasteiger charge is 2.17. The molecule has 0 fully saturated rings. The molecule has 0 aliphatic rings. The van der Waals surface area contributed by atoms with E-state index in [1.54, 1.807) is 6.92 Å². The van der Waals surface area contributed by atoms with E-state index in [4.69, 9.17) is 4.74 Å². The molecule has 120 valence electrons. The van der Waals surface area contributed by atoms with Crippen molar-refractivity contribution in [3.8, 4) is 0 Å². The highest BCUT2D eigenvalue weighted by Crippen LogP contribution is 2.10. The second-order valence-corrected chi connectivity index (χ2v) is 5.47. The van der Waals surface area contributed by atoms with Crippen molar-refractivity contribution in [2.24, 2.45) is 0 Å². The molecular weight excluding hydrogens is 290 g/mol. The number of anilines is 1. The fraction of sp³-hybridized carbons (Fsp3) is 0.263. The van der Waals surface area contributed by atoms with E-state index in [9.17, 15) is 9.59 Å². The Morgan fingerprint density at radius 2 is 1.70 bits per heavy atom. The first-order valence-electron chi connectivity index (χ1n) is 7.65. The Balaban J connectivity index is 1.78. The third kappa shape index (κ3) is 5.58. The molecule has 0 bridgehead atoms. The zero-order chi connectivity index (χ0) is 16.7. The molecule has 2 rings (SSSR count). The molecule has 1 atom stereocenters. The van der Waals surface area contributed by atoms with Crippen LogP contribution < -0.4 is 5.32 Å². The minimum absolute atomic E-state index is 0.256. The van der Waals surface area contributed by atoms with Gasteiger partial charge in [0.15, 0.2) is 6.10 Å². The largest absolute Gasteiger partial charge is 0.453 e. The molecule has 0 heterocycles. The van der Waals surface area contributed by atoms with Crippen LogP contribution in [-0.2, 0) is 20.7 Å². The molecule has 4 nitrogen and oxygen atoms in total. The van der Waals surface area contributed by atoms with Gasteiger partial charge in [-0.15, -0.1) is 0 Å². The van der Waals surface area contributed by atoms with Gasteiger partial charge < -0.3 is 10.1 Å². The summed E-state index contributed by atoms with van der Waals surface area (Å²) < 4.78 is 5.18. The molecule has 1 amide bonds. The van der Waals surface area contributed by atoms with Crippen LogP contribution in [0.25, 0.3) is 0 Å². The van der Waals surface area contributed by atoms with Crippen molar-refractivity contribution in [2.45, 2.75) is 32.8 Å². The first kappa shape index (κ1) is 16.7. The van der Waals surface area contributed by atoms with Gasteiger partial charge in [-0.05, 0) is 38.0 Å². The summed E-state index contributed by atoms with van der Waals surface area (Å²) in [4.78, 5) is 23.8. The van der Waals surface area contributed by atoms with Gasteiger partial charge in [-0.3, -0.25) is 9.59 Å². The molecule has 2 aromatic rings. The number of hydrogen-bond acceptors (Lipinski definition) is 3. The van der Waals surface area contributed by atoms with Gasteiger partial charge in [0.25, 0.3) is 5.91 Å². The Bertz CT molecular complexity index is 650. The molecule has 23 heavy (non-hydrogen) atoms. The summed E-state index contributed by atoms with van der Waals surface area (Å²) in [5.41, 5.74) is 2.87. The van der Waals surface area contributed by atoms with E-state index in [1.165, 1.54) is 0 Å². The monoisotopic (exact) mass is 311 g/mol. The van der Waals surface area contributed by atoms with Crippen LogP contribution in [0.4, 0.5) is 5.69 Å². The molecule has 0 aliphatic heterocycles. The van der Waals surface area contributed by atoms with E-state index in [0.29, 0.717) is 12.1 Å². The summed E-state index contributed by atoms with van der Waals surface area (Å²) in [5.74, 6) is -0.706. The smallest absolute Gasteiger partial charge is 0.306 e. The molecule has 1 N–H and O–H groups in total. The highest BCUT2D eigenvalue weighted by atomic mass is 16.5. The fourth-order valence-corrected chi connectivity index (χ4v) is 2.08. The molecule has 2 aromatic carbocycles. The van der Waals surface area contributed by atoms with Crippen molar-refractivity contribution in [1.29, 1.82) is 0 Å². The summed E-state index contributed by atoms with van der Waals surface area (Å²) in [6.07, 6.45) is 0.0394. The Hall–Kier alpha value is -2.62. The van der Waals surface area contributed by atoms with E-state index in [-0.39, 0.29) is 18.3 Å². The summed E-state index contributed by atoms with van der Waals surface area (Å²) in [6.45, 7) is 3.55. The number of aryl methyl sites for hydroxylation is 2. The molecular formula is C19H21NO3. The number of nitrogens with one attached hydrogen (secondary N) is 1. The Kier molecular flexibility index (Phi) is 5.92. The van der Waals surface area contributed by atoms with Crippen LogP contribution in [0, 0.1) is 6.92 Å². The number of carbonyl (C=O) groups is 2. The number of ether oxygens (including phenoxy) is 1. The van der Waals surface area contributed by atoms with Gasteiger partial charge in [0.05, 0.1) is 0 Å². The van der Waals surface area contributed by atoms with Gasteiger partial charge in [0, 0.05) is 12.1 Å². The average molecular weight is 311 g/mol. The topological polar surface area (TPSA) is 55.4 Å². The second-order valence-electron chi connectivity index (χ2n) is 5.47. The number of carbonyl (C=O) groups excluding carboxylic acids is 2. The summed E-state index contributed by atoms with van der Waals surface area (Å²) in [5, 5.41) is 2.73. The maximum atomic E-state index is 12.0. The standard InChI is InChI=1S/C19H21NO3/c1-14-8-11-17(12-9-14)20-19(22)15(2)23-18(21)13-10-16-6-4-3-5-7-16/h3-9,11-12,15H,10,13H2,1-2H3,(H,20,22)/t15-/m0/s1. The molecule has 0 saturated carbocycles. The third-order valence-electron chi connectivity index (χ3n) is 3.46. The molecule has 0 radical (unpaired) electrons. The van der Waals surface area contributed by atoms with Crippen LogP contribution in [0.15, 0.2) is 54.6 Å². The van der Waals surface area contributed by atoms with E-state index in [1.807, 2.05) is 61.5 Å². The zero-order valence-electron chi connectivity index (χ0n) is 13.4. The maximum Gasteiger partial charge on any atom is 0.306 e. The summed E-state index contributed by atoms with van der Waals surface area (Å²) >= 11 is 0. The lowest BCUT2D eigenvalue weighted by Crippen LogP contribution is -2.30. The molecule has 0 saturated heterocycles. The van der Waals surface area contributed by atoms with Gasteiger partial charge in [-0.1, -0.05) is 48.0 Å². The van der Waals surface area contributed by atoms with E-state index >= 15 is 0 Å². The zero-order valence-corrected chi connectivity index (χ0v) is 13.4. The van der Waals surface area contributed by atoms with Gasteiger partial charge in [-0.25, -0.2) is 0 Å². The Labute approximate surface area is 136 Å². The number of rotatable bonds is 6. The lowest BCUT2D eigenvalue weighted by Gasteiger charge is -2.13. The van der Waals surface area contributed by atoms with Gasteiger partial charge in [-0.2, -0.15) is 0 Å². The lowest BCUT2D eigenvalue weighted by molar-refractivity contribution is -0.153. The number of amides is 1. The molecule has 0 unspecified atom stereocenters. The molecule has 4 heteroatoms. The Morgan fingerprint density at radius 3 is 2.35 bits per heavy atom. The summed E-state index contributed by atoms with van der Waals surface area (Å²) in [6, 6.07) is 17.2. The van der Waals surface area contributed by atoms with Crippen LogP contribution >= 0.6 is 0 Å². The van der Waals surface area contributed by atoms with Crippen molar-refractivity contribution in [3.63, 3.8) is 0 Å². The quantitative estimate of drug-likeness (QED) is 0.831. The minimum atomic E-state index is -0.820. The van der Waals surface area contributed by atoms with Crippen molar-refractivity contribution in [1.82, 2.24) is 0 Å². The van der Waals surface area contributed by atoms with Crippen molar-refractivity contribution < 1.29 is 14.3 Å². The average Bonchev–Trinajstić information content (AvgIpc) is 2.56. The predicted molar refractivity (Wildman–Crippen MR) is 90.1 cm³/mol. The number of esters is 1. The number of hydrogen-bond donors (Lipinski definition) is 1. The van der Waals surface area contributed by atoms with E-state index in [0.717, 1.165) is 11.1 Å². The second kappa shape index (κ2) is 8.13. The van der Waals surface area contributed by atoms with Gasteiger partial charge >= 0.3 is 5.97 Å². The summed E-state index contributed by atoms with van der Waals surface area (Å²) in [7, 11) is 0. The van der Waals surface area contributed by atoms with E-state index < -0.39 is 6.10 Å². The van der Waals surface area contributed by atoms with Crippen LogP contribution in [0.2, 0.25) is 0 Å². The maximum absolute atomic E-state index is 12.0. The van der Waals surface area contributed by atoms with Gasteiger partial charge in [0.2, 0.25) is 0 Å². The molecule has 0 spiro atoms.